The Morgan fingerprint density at radius 2 is 0.846 bits per heavy atom. The van der Waals surface area contributed by atoms with Crippen LogP contribution in [0.4, 0.5) is 37.7 Å². The summed E-state index contributed by atoms with van der Waals surface area (Å²) >= 11 is 0. The third-order valence-corrected chi connectivity index (χ3v) is 3.16. The number of phenolic OH excluding ortho intramolecular Hbond substituents is 2. The van der Waals surface area contributed by atoms with Crippen LogP contribution in [-0.2, 0) is 0 Å². The average Bonchev–Trinajstić information content (AvgIpc) is 2.54. The predicted octanol–water partition coefficient (Wildman–Crippen LogP) is 3.42. The number of nitro groups is 2. The zero-order valence-corrected chi connectivity index (χ0v) is 11.7. The second-order valence-corrected chi connectivity index (χ2v) is 4.54. The first-order valence-electron chi connectivity index (χ1n) is 6.01. The molecule has 0 amide bonds. The Labute approximate surface area is 136 Å². The van der Waals surface area contributed by atoms with Crippen LogP contribution in [0.3, 0.4) is 0 Å². The van der Waals surface area contributed by atoms with Crippen molar-refractivity contribution in [2.75, 3.05) is 0 Å². The molecule has 0 bridgehead atoms. The van der Waals surface area contributed by atoms with Crippen molar-refractivity contribution in [2.45, 2.75) is 0 Å². The second kappa shape index (κ2) is 6.05. The SMILES string of the molecule is O=[N+]([O-])c1c(O)c(F)c(-c2c(F)c(O)c([N+](=O)[O-])c(F)c2F)c(F)c1F. The second-order valence-electron chi connectivity index (χ2n) is 4.54. The summed E-state index contributed by atoms with van der Waals surface area (Å²) in [7, 11) is 0. The molecule has 0 radical (unpaired) electrons. The normalized spacial score (nSPS) is 10.8. The third kappa shape index (κ3) is 2.42. The van der Waals surface area contributed by atoms with E-state index in [-0.39, 0.29) is 0 Å². The summed E-state index contributed by atoms with van der Waals surface area (Å²) in [5.41, 5.74) is -8.55. The lowest BCUT2D eigenvalue weighted by Gasteiger charge is -2.12. The van der Waals surface area contributed by atoms with Gasteiger partial charge in [-0.25, -0.2) is 17.6 Å². The maximum Gasteiger partial charge on any atom is 0.352 e. The van der Waals surface area contributed by atoms with Crippen molar-refractivity contribution in [1.29, 1.82) is 0 Å². The van der Waals surface area contributed by atoms with Crippen LogP contribution in [0.25, 0.3) is 11.1 Å². The highest BCUT2D eigenvalue weighted by molar-refractivity contribution is 5.75. The van der Waals surface area contributed by atoms with E-state index in [9.17, 15) is 56.8 Å². The van der Waals surface area contributed by atoms with E-state index in [4.69, 9.17) is 0 Å². The fourth-order valence-corrected chi connectivity index (χ4v) is 2.04. The van der Waals surface area contributed by atoms with E-state index in [2.05, 4.69) is 0 Å². The van der Waals surface area contributed by atoms with Crippen LogP contribution in [0, 0.1) is 55.1 Å². The van der Waals surface area contributed by atoms with Gasteiger partial charge in [0, 0.05) is 0 Å². The van der Waals surface area contributed by atoms with Gasteiger partial charge in [-0.05, 0) is 0 Å². The van der Waals surface area contributed by atoms with Gasteiger partial charge in [0.15, 0.2) is 23.3 Å². The molecule has 0 unspecified atom stereocenters. The minimum Gasteiger partial charge on any atom is -0.500 e. The minimum absolute atomic E-state index is 1.75. The van der Waals surface area contributed by atoms with Gasteiger partial charge >= 0.3 is 11.4 Å². The molecule has 0 aliphatic rings. The summed E-state index contributed by atoms with van der Waals surface area (Å²) in [6, 6.07) is 0. The van der Waals surface area contributed by atoms with Gasteiger partial charge in [-0.3, -0.25) is 20.2 Å². The van der Waals surface area contributed by atoms with Crippen molar-refractivity contribution in [3.63, 3.8) is 0 Å². The number of phenols is 2. The van der Waals surface area contributed by atoms with Crippen molar-refractivity contribution in [3.8, 4) is 22.6 Å². The van der Waals surface area contributed by atoms with Crippen LogP contribution < -0.4 is 0 Å². The van der Waals surface area contributed by atoms with Crippen LogP contribution >= 0.6 is 0 Å². The maximum atomic E-state index is 14.0. The lowest BCUT2D eigenvalue weighted by atomic mass is 9.99. The molecule has 0 saturated heterocycles. The standard InChI is InChI=1S/C12H2F6N2O6/c13-3-1(5(15)11(21)9(7(3)17)19(23)24)2-4(14)8(18)10(20(25)26)12(22)6(2)16/h21-22H. The van der Waals surface area contributed by atoms with Crippen molar-refractivity contribution >= 4 is 11.4 Å². The Kier molecular flexibility index (Phi) is 4.36. The van der Waals surface area contributed by atoms with Gasteiger partial charge in [-0.1, -0.05) is 0 Å². The fraction of sp³-hybridized carbons (Fsp3) is 0. The molecule has 0 heterocycles. The van der Waals surface area contributed by atoms with Gasteiger partial charge in [0.05, 0.1) is 21.0 Å². The molecule has 2 rings (SSSR count). The largest absolute Gasteiger partial charge is 0.500 e. The summed E-state index contributed by atoms with van der Waals surface area (Å²) in [6.07, 6.45) is 0. The Morgan fingerprint density at radius 3 is 1.08 bits per heavy atom. The first kappa shape index (κ1) is 18.8. The van der Waals surface area contributed by atoms with Crippen molar-refractivity contribution in [2.24, 2.45) is 0 Å². The summed E-state index contributed by atoms with van der Waals surface area (Å²) in [5.74, 6) is -19.6. The van der Waals surface area contributed by atoms with Crippen LogP contribution in [0.5, 0.6) is 11.5 Å². The zero-order chi connectivity index (χ0) is 20.1. The van der Waals surface area contributed by atoms with Gasteiger partial charge in [0.25, 0.3) is 0 Å². The molecule has 14 heteroatoms. The predicted molar refractivity (Wildman–Crippen MR) is 68.3 cm³/mol. The van der Waals surface area contributed by atoms with E-state index >= 15 is 0 Å². The monoisotopic (exact) mass is 384 g/mol. The van der Waals surface area contributed by atoms with Crippen LogP contribution in [-0.4, -0.2) is 20.1 Å². The highest BCUT2D eigenvalue weighted by Crippen LogP contribution is 2.46. The fourth-order valence-electron chi connectivity index (χ4n) is 2.04. The molecule has 2 N–H and O–H groups in total. The van der Waals surface area contributed by atoms with Gasteiger partial charge in [0.1, 0.15) is 0 Å². The number of hydrogen-bond acceptors (Lipinski definition) is 6. The minimum atomic E-state index is -2.61. The van der Waals surface area contributed by atoms with E-state index in [1.165, 1.54) is 0 Å². The van der Waals surface area contributed by atoms with Gasteiger partial charge < -0.3 is 10.2 Å². The summed E-state index contributed by atoms with van der Waals surface area (Å²) in [6.45, 7) is 0. The Bertz CT molecular complexity index is 858. The summed E-state index contributed by atoms with van der Waals surface area (Å²) in [5, 5.41) is 39.5. The van der Waals surface area contributed by atoms with Gasteiger partial charge in [0.2, 0.25) is 23.1 Å². The zero-order valence-electron chi connectivity index (χ0n) is 11.7. The van der Waals surface area contributed by atoms with Crippen LogP contribution in [0.15, 0.2) is 0 Å². The molecule has 0 fully saturated rings. The molecule has 0 atom stereocenters. The molecular weight excluding hydrogens is 382 g/mol. The topological polar surface area (TPSA) is 127 Å². The Balaban J connectivity index is 3.05. The summed E-state index contributed by atoms with van der Waals surface area (Å²) < 4.78 is 83.2. The molecule has 8 nitrogen and oxygen atoms in total. The molecule has 26 heavy (non-hydrogen) atoms. The first-order valence-corrected chi connectivity index (χ1v) is 6.01. The lowest BCUT2D eigenvalue weighted by molar-refractivity contribution is -0.389. The third-order valence-electron chi connectivity index (χ3n) is 3.16. The molecule has 0 aliphatic heterocycles. The van der Waals surface area contributed by atoms with E-state index in [0.29, 0.717) is 0 Å². The van der Waals surface area contributed by atoms with E-state index in [1.807, 2.05) is 0 Å². The molecule has 0 aliphatic carbocycles. The number of benzene rings is 2. The quantitative estimate of drug-likeness (QED) is 0.361. The summed E-state index contributed by atoms with van der Waals surface area (Å²) in [4.78, 5) is 17.5. The molecule has 0 spiro atoms. The number of rotatable bonds is 3. The lowest BCUT2D eigenvalue weighted by Crippen LogP contribution is -2.07. The highest BCUT2D eigenvalue weighted by Gasteiger charge is 2.39. The highest BCUT2D eigenvalue weighted by atomic mass is 19.2. The van der Waals surface area contributed by atoms with Crippen LogP contribution in [0.1, 0.15) is 0 Å². The van der Waals surface area contributed by atoms with Gasteiger partial charge in [-0.2, -0.15) is 8.78 Å². The van der Waals surface area contributed by atoms with Crippen molar-refractivity contribution < 1.29 is 46.4 Å². The van der Waals surface area contributed by atoms with Crippen molar-refractivity contribution in [1.82, 2.24) is 0 Å². The molecule has 0 saturated carbocycles. The number of aromatic hydroxyl groups is 2. The van der Waals surface area contributed by atoms with Crippen LogP contribution in [0.2, 0.25) is 0 Å². The molecule has 0 aromatic heterocycles. The Hall–Kier alpha value is -3.58. The molecule has 2 aromatic carbocycles. The molecule has 2 aromatic rings. The average molecular weight is 384 g/mol. The maximum absolute atomic E-state index is 14.0. The first-order chi connectivity index (χ1) is 11.9. The van der Waals surface area contributed by atoms with E-state index in [0.717, 1.165) is 0 Å². The number of nitrogens with zero attached hydrogens (tertiary/aromatic N) is 2. The van der Waals surface area contributed by atoms with Crippen molar-refractivity contribution in [3.05, 3.63) is 55.1 Å². The Morgan fingerprint density at radius 1 is 0.577 bits per heavy atom. The number of halogens is 6. The molecular formula is C12H2F6N2O6. The number of hydrogen-bond donors (Lipinski definition) is 2. The van der Waals surface area contributed by atoms with E-state index < -0.39 is 78.8 Å². The number of nitro benzene ring substituents is 2. The van der Waals surface area contributed by atoms with Gasteiger partial charge in [-0.15, -0.1) is 0 Å². The smallest absolute Gasteiger partial charge is 0.352 e. The molecule has 138 valence electrons. The van der Waals surface area contributed by atoms with E-state index in [1.54, 1.807) is 0 Å².